The maximum Gasteiger partial charge on any atom is 0.511 e. The number of amides is 1. The van der Waals surface area contributed by atoms with E-state index in [0.717, 1.165) is 28.4 Å². The number of hydrazine groups is 1. The molecule has 2 heterocycles. The lowest BCUT2D eigenvalue weighted by atomic mass is 10.1. The molecule has 2 aromatic carbocycles. The van der Waals surface area contributed by atoms with Crippen LogP contribution in [0.4, 0.5) is 18.0 Å². The monoisotopic (exact) mass is 740 g/mol. The van der Waals surface area contributed by atoms with E-state index in [1.54, 1.807) is 31.2 Å². The highest BCUT2D eigenvalue weighted by Gasteiger charge is 2.36. The summed E-state index contributed by atoms with van der Waals surface area (Å²) in [5, 5.41) is 20.6. The molecule has 1 fully saturated rings. The number of sulfonamides is 1. The molecule has 2 atom stereocenters. The number of alkyl halides is 3. The van der Waals surface area contributed by atoms with Crippen LogP contribution < -0.4 is 4.72 Å². The molecule has 1 aliphatic heterocycles. The average molecular weight is 741 g/mol. The largest absolute Gasteiger partial charge is 0.569 e. The fourth-order valence-electron chi connectivity index (χ4n) is 4.83. The van der Waals surface area contributed by atoms with Crippen LogP contribution >= 0.6 is 0 Å². The smallest absolute Gasteiger partial charge is 0.511 e. The molecule has 1 aliphatic rings. The number of esters is 1. The van der Waals surface area contributed by atoms with Crippen LogP contribution in [0.15, 0.2) is 64.8 Å². The zero-order valence-corrected chi connectivity index (χ0v) is 28.5. The molecule has 20 heteroatoms. The summed E-state index contributed by atoms with van der Waals surface area (Å²) in [6.07, 6.45) is -6.95. The molecule has 0 bridgehead atoms. The summed E-state index contributed by atoms with van der Waals surface area (Å²) in [4.78, 5) is 40.7. The van der Waals surface area contributed by atoms with Crippen LogP contribution in [-0.4, -0.2) is 78.3 Å². The van der Waals surface area contributed by atoms with Gasteiger partial charge in [0.25, 0.3) is 16.3 Å². The Hall–Kier alpha value is -5.40. The SMILES string of the molecule is CCOC(=O)OC(C)ON=[N+]([O-])N1CCC[C@H]1COC(=O)CCC(=O)NS(=O)(=O)c1ccc(-n2nc(C(F)(F)F)cc2-c2ccc(C)cc2)cc1. The van der Waals surface area contributed by atoms with Gasteiger partial charge in [-0.1, -0.05) is 29.8 Å². The average Bonchev–Trinajstić information content (AvgIpc) is 3.74. The normalized spacial score (nSPS) is 15.6. The maximum absolute atomic E-state index is 13.5. The molecule has 0 radical (unpaired) electrons. The Labute approximate surface area is 290 Å². The molecule has 0 saturated carbocycles. The Kier molecular flexibility index (Phi) is 12.5. The van der Waals surface area contributed by atoms with E-state index >= 15 is 0 Å². The van der Waals surface area contributed by atoms with Crippen molar-refractivity contribution >= 4 is 28.1 Å². The van der Waals surface area contributed by atoms with Crippen molar-refractivity contribution in [1.82, 2.24) is 19.5 Å². The second kappa shape index (κ2) is 16.5. The molecule has 3 aromatic rings. The van der Waals surface area contributed by atoms with E-state index in [2.05, 4.69) is 15.1 Å². The van der Waals surface area contributed by atoms with Gasteiger partial charge in [0.2, 0.25) is 11.2 Å². The fraction of sp³-hybridized carbons (Fsp3) is 0.419. The standard InChI is InChI=1S/C31H35F3N6O10S/c1-4-47-30(43)49-21(3)50-37-40(44)38-17-5-6-24(38)19-48-29(42)16-15-28(41)36-51(45,46)25-13-11-23(12-14-25)39-26(18-27(35-39)31(32,33)34)22-9-7-20(2)8-10-22/h7-14,18,21,24H,4-6,15-17,19H2,1-3H3,(H,36,41)/t21?,24-/m0/s1. The number of aryl methyl sites for hydroxylation is 1. The van der Waals surface area contributed by atoms with Crippen LogP contribution in [0.25, 0.3) is 16.9 Å². The molecule has 276 valence electrons. The molecule has 1 saturated heterocycles. The number of halogens is 3. The van der Waals surface area contributed by atoms with Crippen LogP contribution in [-0.2, 0) is 44.8 Å². The van der Waals surface area contributed by atoms with Gasteiger partial charge in [-0.2, -0.15) is 18.3 Å². The molecule has 1 amide bonds. The molecule has 1 aromatic heterocycles. The number of ether oxygens (including phenoxy) is 3. The van der Waals surface area contributed by atoms with Crippen molar-refractivity contribution in [3.8, 4) is 16.9 Å². The minimum absolute atomic E-state index is 0.0786. The first-order chi connectivity index (χ1) is 24.1. The second-order valence-corrected chi connectivity index (χ2v) is 12.8. The van der Waals surface area contributed by atoms with E-state index in [4.69, 9.17) is 14.3 Å². The quantitative estimate of drug-likeness (QED) is 0.0782. The van der Waals surface area contributed by atoms with Crippen molar-refractivity contribution in [3.05, 3.63) is 71.1 Å². The van der Waals surface area contributed by atoms with Gasteiger partial charge >= 0.3 is 18.3 Å². The van der Waals surface area contributed by atoms with Crippen LogP contribution in [0.1, 0.15) is 50.8 Å². The minimum Gasteiger partial charge on any atom is -0.569 e. The highest BCUT2D eigenvalue weighted by atomic mass is 32.2. The van der Waals surface area contributed by atoms with Crippen LogP contribution in [0.2, 0.25) is 0 Å². The minimum atomic E-state index is -4.73. The Morgan fingerprint density at radius 3 is 2.43 bits per heavy atom. The van der Waals surface area contributed by atoms with Crippen molar-refractivity contribution in [2.75, 3.05) is 19.8 Å². The number of nitrogens with one attached hydrogen (secondary N) is 1. The summed E-state index contributed by atoms with van der Waals surface area (Å²) >= 11 is 0. The van der Waals surface area contributed by atoms with Crippen molar-refractivity contribution in [2.24, 2.45) is 5.28 Å². The summed E-state index contributed by atoms with van der Waals surface area (Å²) in [7, 11) is -4.42. The summed E-state index contributed by atoms with van der Waals surface area (Å²) in [5.74, 6) is -1.84. The maximum atomic E-state index is 13.5. The first-order valence-electron chi connectivity index (χ1n) is 15.6. The Bertz CT molecular complexity index is 1830. The van der Waals surface area contributed by atoms with Crippen molar-refractivity contribution in [3.63, 3.8) is 0 Å². The molecular weight excluding hydrogens is 705 g/mol. The van der Waals surface area contributed by atoms with Gasteiger partial charge in [0.1, 0.15) is 12.6 Å². The topological polar surface area (TPSA) is 194 Å². The van der Waals surface area contributed by atoms with Gasteiger partial charge in [0.15, 0.2) is 5.69 Å². The van der Waals surface area contributed by atoms with Crippen molar-refractivity contribution < 1.29 is 60.0 Å². The van der Waals surface area contributed by atoms with E-state index in [-0.39, 0.29) is 41.0 Å². The first kappa shape index (κ1) is 38.4. The fourth-order valence-corrected chi connectivity index (χ4v) is 5.84. The second-order valence-electron chi connectivity index (χ2n) is 11.2. The molecular formula is C31H35F3N6O10S. The number of hydrogen-bond donors (Lipinski definition) is 1. The molecule has 4 rings (SSSR count). The number of carbonyl (C=O) groups excluding carboxylic acids is 3. The number of carbonyl (C=O) groups is 3. The van der Waals surface area contributed by atoms with Gasteiger partial charge in [-0.3, -0.25) is 14.4 Å². The van der Waals surface area contributed by atoms with Crippen molar-refractivity contribution in [1.29, 1.82) is 0 Å². The lowest BCUT2D eigenvalue weighted by Gasteiger charge is -2.20. The molecule has 16 nitrogen and oxygen atoms in total. The Morgan fingerprint density at radius 2 is 1.78 bits per heavy atom. The highest BCUT2D eigenvalue weighted by Crippen LogP contribution is 2.33. The van der Waals surface area contributed by atoms with E-state index in [0.29, 0.717) is 18.4 Å². The molecule has 1 unspecified atom stereocenters. The van der Waals surface area contributed by atoms with Crippen molar-refractivity contribution in [2.45, 2.75) is 69.9 Å². The van der Waals surface area contributed by atoms with E-state index in [1.165, 1.54) is 24.1 Å². The first-order valence-corrected chi connectivity index (χ1v) is 17.1. The van der Waals surface area contributed by atoms with E-state index in [1.807, 2.05) is 11.6 Å². The Balaban J connectivity index is 1.30. The number of benzene rings is 2. The van der Waals surface area contributed by atoms with Gasteiger partial charge in [-0.25, -0.2) is 22.6 Å². The summed E-state index contributed by atoms with van der Waals surface area (Å²) in [6.45, 7) is 4.83. The number of aromatic nitrogens is 2. The molecule has 1 N–H and O–H groups in total. The summed E-state index contributed by atoms with van der Waals surface area (Å²) < 4.78 is 83.7. The van der Waals surface area contributed by atoms with E-state index < -0.39 is 65.1 Å². The summed E-state index contributed by atoms with van der Waals surface area (Å²) in [5.41, 5.74) is 0.472. The molecule has 0 aliphatic carbocycles. The molecule has 51 heavy (non-hydrogen) atoms. The lowest BCUT2D eigenvalue weighted by Crippen LogP contribution is -2.39. The zero-order chi connectivity index (χ0) is 37.3. The van der Waals surface area contributed by atoms with Gasteiger partial charge in [0.05, 0.1) is 40.8 Å². The predicted molar refractivity (Wildman–Crippen MR) is 169 cm³/mol. The lowest BCUT2D eigenvalue weighted by molar-refractivity contribution is -0.716. The predicted octanol–water partition coefficient (Wildman–Crippen LogP) is 4.79. The third-order valence-corrected chi connectivity index (χ3v) is 8.72. The zero-order valence-electron chi connectivity index (χ0n) is 27.7. The Morgan fingerprint density at radius 1 is 1.10 bits per heavy atom. The van der Waals surface area contributed by atoms with Gasteiger partial charge in [-0.05, 0) is 57.0 Å². The van der Waals surface area contributed by atoms with E-state index in [9.17, 15) is 41.2 Å². The van der Waals surface area contributed by atoms with Crippen LogP contribution in [0, 0.1) is 12.1 Å². The third-order valence-electron chi connectivity index (χ3n) is 7.34. The van der Waals surface area contributed by atoms with Crippen LogP contribution in [0.5, 0.6) is 0 Å². The van der Waals surface area contributed by atoms with Gasteiger partial charge in [0, 0.05) is 18.9 Å². The van der Waals surface area contributed by atoms with Gasteiger partial charge < -0.3 is 19.4 Å². The highest BCUT2D eigenvalue weighted by molar-refractivity contribution is 7.90. The number of nitrogens with zero attached hydrogens (tertiary/aromatic N) is 5. The van der Waals surface area contributed by atoms with Gasteiger partial charge in [-0.15, -0.1) is 5.01 Å². The number of rotatable bonds is 14. The van der Waals surface area contributed by atoms with Crippen LogP contribution in [0.3, 0.4) is 0 Å². The number of hydrogen-bond acceptors (Lipinski definition) is 12. The molecule has 0 spiro atoms. The third kappa shape index (κ3) is 10.5. The summed E-state index contributed by atoms with van der Waals surface area (Å²) in [6, 6.07) is 11.7.